The zero-order chi connectivity index (χ0) is 29.2. The molecule has 1 aliphatic heterocycles. The highest BCUT2D eigenvalue weighted by atomic mass is 31.2. The number of hydrogen-bond acceptors (Lipinski definition) is 9. The Balaban J connectivity index is 1.38. The number of aliphatic hydroxyl groups is 1. The summed E-state index contributed by atoms with van der Waals surface area (Å²) in [5.74, 6) is -1.02. The molecule has 11 nitrogen and oxygen atoms in total. The van der Waals surface area contributed by atoms with Crippen LogP contribution in [0.2, 0.25) is 0 Å². The summed E-state index contributed by atoms with van der Waals surface area (Å²) in [6.45, 7) is -0.818. The first-order valence-corrected chi connectivity index (χ1v) is 14.7. The molecule has 12 heteroatoms. The molecule has 42 heavy (non-hydrogen) atoms. The second kappa shape index (κ2) is 14.2. The van der Waals surface area contributed by atoms with Crippen molar-refractivity contribution in [3.63, 3.8) is 0 Å². The van der Waals surface area contributed by atoms with E-state index in [1.165, 1.54) is 0 Å². The quantitative estimate of drug-likeness (QED) is 0.119. The fourth-order valence-corrected chi connectivity index (χ4v) is 5.42. The topological polar surface area (TPSA) is 141 Å². The van der Waals surface area contributed by atoms with Crippen molar-refractivity contribution in [3.05, 3.63) is 131 Å². The number of nitrogens with one attached hydrogen (secondary N) is 2. The summed E-state index contributed by atoms with van der Waals surface area (Å²) >= 11 is 0. The van der Waals surface area contributed by atoms with E-state index in [1.807, 2.05) is 36.4 Å². The average Bonchev–Trinajstić information content (AvgIpc) is 3.80. The van der Waals surface area contributed by atoms with E-state index < -0.39 is 32.6 Å². The van der Waals surface area contributed by atoms with Gasteiger partial charge >= 0.3 is 13.8 Å². The van der Waals surface area contributed by atoms with Crippen LogP contribution in [0.5, 0.6) is 0 Å². The minimum absolute atomic E-state index is 0.0159. The number of rotatable bonds is 16. The van der Waals surface area contributed by atoms with E-state index in [0.717, 1.165) is 11.1 Å². The van der Waals surface area contributed by atoms with Gasteiger partial charge in [-0.2, -0.15) is 0 Å². The highest BCUT2D eigenvalue weighted by molar-refractivity contribution is 7.48. The summed E-state index contributed by atoms with van der Waals surface area (Å²) in [4.78, 5) is 19.0. The van der Waals surface area contributed by atoms with Crippen molar-refractivity contribution in [1.29, 1.82) is 0 Å². The van der Waals surface area contributed by atoms with Gasteiger partial charge < -0.3 is 29.3 Å². The van der Waals surface area contributed by atoms with Crippen LogP contribution < -0.4 is 0 Å². The Morgan fingerprint density at radius 1 is 0.762 bits per heavy atom. The standard InChI is InChI=1S/C30H31N2O9P/c33-17-26(41-42(35,38-18-22-9-3-1-4-10-22)39-19-23-11-5-2-6-12-23)27-28(36-20-24-13-7-15-31-24)29(30(34)40-27)37-21-25-14-8-16-32-25/h1-16,26-27,31-33H,17-21H2/t26-,27+/m0/s1. The first kappa shape index (κ1) is 29.4. The summed E-state index contributed by atoms with van der Waals surface area (Å²) < 4.78 is 48.5. The third-order valence-corrected chi connectivity index (χ3v) is 7.65. The second-order valence-electron chi connectivity index (χ2n) is 9.28. The van der Waals surface area contributed by atoms with Gasteiger partial charge in [0.15, 0.2) is 11.9 Å². The first-order chi connectivity index (χ1) is 20.5. The van der Waals surface area contributed by atoms with Crippen LogP contribution in [0, 0.1) is 0 Å². The Hall–Kier alpha value is -4.12. The normalized spacial score (nSPS) is 15.9. The molecule has 0 spiro atoms. The Morgan fingerprint density at radius 3 is 1.81 bits per heavy atom. The van der Waals surface area contributed by atoms with E-state index in [9.17, 15) is 14.5 Å². The van der Waals surface area contributed by atoms with Gasteiger partial charge in [-0.1, -0.05) is 60.7 Å². The van der Waals surface area contributed by atoms with Gasteiger partial charge in [-0.25, -0.2) is 9.36 Å². The molecule has 0 saturated carbocycles. The minimum atomic E-state index is -4.34. The molecule has 0 bridgehead atoms. The fraction of sp³-hybridized carbons (Fsp3) is 0.233. The van der Waals surface area contributed by atoms with Gasteiger partial charge in [0.25, 0.3) is 0 Å². The van der Waals surface area contributed by atoms with Gasteiger partial charge in [0, 0.05) is 12.4 Å². The molecular weight excluding hydrogens is 563 g/mol. The minimum Gasteiger partial charge on any atom is -0.484 e. The van der Waals surface area contributed by atoms with E-state index in [2.05, 4.69) is 9.97 Å². The van der Waals surface area contributed by atoms with E-state index in [0.29, 0.717) is 11.4 Å². The molecule has 0 unspecified atom stereocenters. The van der Waals surface area contributed by atoms with Crippen LogP contribution >= 0.6 is 7.82 Å². The molecule has 0 saturated heterocycles. The number of phosphoric acid groups is 1. The lowest BCUT2D eigenvalue weighted by Gasteiger charge is -2.27. The van der Waals surface area contributed by atoms with Crippen molar-refractivity contribution in [2.45, 2.75) is 38.6 Å². The van der Waals surface area contributed by atoms with Gasteiger partial charge in [-0.3, -0.25) is 13.6 Å². The van der Waals surface area contributed by atoms with E-state index in [-0.39, 0.29) is 37.9 Å². The molecular formula is C30H31N2O9P. The predicted molar refractivity (Wildman–Crippen MR) is 150 cm³/mol. The highest BCUT2D eigenvalue weighted by Gasteiger charge is 2.46. The maximum atomic E-state index is 14.0. The van der Waals surface area contributed by atoms with Crippen molar-refractivity contribution in [1.82, 2.24) is 9.97 Å². The van der Waals surface area contributed by atoms with Crippen molar-refractivity contribution >= 4 is 13.8 Å². The van der Waals surface area contributed by atoms with Crippen LogP contribution in [0.1, 0.15) is 22.5 Å². The second-order valence-corrected chi connectivity index (χ2v) is 10.9. The Labute approximate surface area is 242 Å². The summed E-state index contributed by atoms with van der Waals surface area (Å²) in [6, 6.07) is 25.3. The number of phosphoric ester groups is 1. The molecule has 2 aromatic carbocycles. The Kier molecular flexibility index (Phi) is 9.91. The van der Waals surface area contributed by atoms with Crippen molar-refractivity contribution in [3.8, 4) is 0 Å². The van der Waals surface area contributed by atoms with Crippen LogP contribution in [0.25, 0.3) is 0 Å². The largest absolute Gasteiger partial charge is 0.484 e. The molecule has 0 aliphatic carbocycles. The molecule has 0 amide bonds. The van der Waals surface area contributed by atoms with Crippen molar-refractivity contribution in [2.24, 2.45) is 0 Å². The molecule has 1 aliphatic rings. The summed E-state index contributed by atoms with van der Waals surface area (Å²) in [7, 11) is -4.34. The number of aliphatic hydroxyl groups excluding tert-OH is 1. The first-order valence-electron chi connectivity index (χ1n) is 13.2. The molecule has 220 valence electrons. The monoisotopic (exact) mass is 594 g/mol. The number of benzene rings is 2. The summed E-state index contributed by atoms with van der Waals surface area (Å²) in [5, 5.41) is 10.4. The lowest BCUT2D eigenvalue weighted by molar-refractivity contribution is -0.148. The zero-order valence-corrected chi connectivity index (χ0v) is 23.5. The van der Waals surface area contributed by atoms with Gasteiger partial charge in [0.2, 0.25) is 5.76 Å². The van der Waals surface area contributed by atoms with Crippen LogP contribution in [0.15, 0.2) is 109 Å². The van der Waals surface area contributed by atoms with Gasteiger partial charge in [0.1, 0.15) is 19.3 Å². The molecule has 2 aromatic heterocycles. The smallest absolute Gasteiger partial charge is 0.475 e. The molecule has 5 rings (SSSR count). The Bertz CT molecular complexity index is 1430. The van der Waals surface area contributed by atoms with Gasteiger partial charge in [0.05, 0.1) is 31.2 Å². The van der Waals surface area contributed by atoms with Crippen LogP contribution in [0.3, 0.4) is 0 Å². The lowest BCUT2D eigenvalue weighted by atomic mass is 10.2. The van der Waals surface area contributed by atoms with E-state index in [1.54, 1.807) is 60.9 Å². The third-order valence-electron chi connectivity index (χ3n) is 6.23. The predicted octanol–water partition coefficient (Wildman–Crippen LogP) is 5.13. The molecule has 0 radical (unpaired) electrons. The van der Waals surface area contributed by atoms with E-state index >= 15 is 0 Å². The number of carbonyl (C=O) groups excluding carboxylic acids is 1. The van der Waals surface area contributed by atoms with Crippen LogP contribution in [-0.2, 0) is 63.6 Å². The van der Waals surface area contributed by atoms with Crippen molar-refractivity contribution in [2.75, 3.05) is 6.61 Å². The van der Waals surface area contributed by atoms with Crippen LogP contribution in [0.4, 0.5) is 0 Å². The number of aromatic amines is 2. The molecule has 3 heterocycles. The molecule has 0 fully saturated rings. The zero-order valence-electron chi connectivity index (χ0n) is 22.6. The average molecular weight is 595 g/mol. The Morgan fingerprint density at radius 2 is 1.31 bits per heavy atom. The molecule has 4 aromatic rings. The van der Waals surface area contributed by atoms with Gasteiger partial charge in [-0.05, 0) is 35.4 Å². The summed E-state index contributed by atoms with van der Waals surface area (Å²) in [6.07, 6.45) is 0.776. The maximum absolute atomic E-state index is 14.0. The fourth-order valence-electron chi connectivity index (χ4n) is 4.10. The maximum Gasteiger partial charge on any atom is 0.475 e. The number of cyclic esters (lactones) is 1. The summed E-state index contributed by atoms with van der Waals surface area (Å²) in [5.41, 5.74) is 2.89. The van der Waals surface area contributed by atoms with Crippen LogP contribution in [-0.4, -0.2) is 39.9 Å². The molecule has 3 N–H and O–H groups in total. The SMILES string of the molecule is O=C1O[C@H]([C@H](CO)OP(=O)(OCc2ccccc2)OCc2ccccc2)C(OCc2ccc[nH]2)=C1OCc1ccc[nH]1. The molecule has 2 atom stereocenters. The third kappa shape index (κ3) is 7.79. The number of H-pyrrole nitrogens is 2. The highest BCUT2D eigenvalue weighted by Crippen LogP contribution is 2.53. The number of carbonyl (C=O) groups is 1. The number of aromatic nitrogens is 2. The van der Waals surface area contributed by atoms with Crippen molar-refractivity contribution < 1.29 is 42.2 Å². The number of esters is 1. The lowest BCUT2D eigenvalue weighted by Crippen LogP contribution is -2.35. The van der Waals surface area contributed by atoms with Gasteiger partial charge in [-0.15, -0.1) is 0 Å². The van der Waals surface area contributed by atoms with E-state index in [4.69, 9.17) is 27.8 Å². The number of hydrogen-bond donors (Lipinski definition) is 3. The number of ether oxygens (including phenoxy) is 3.